The van der Waals surface area contributed by atoms with Crippen LogP contribution in [-0.4, -0.2) is 39.0 Å². The molecule has 2 aliphatic heterocycles. The zero-order valence-electron chi connectivity index (χ0n) is 10.6. The Morgan fingerprint density at radius 3 is 3.00 bits per heavy atom. The zero-order chi connectivity index (χ0) is 12.5. The first-order chi connectivity index (χ1) is 8.75. The molecule has 1 fully saturated rings. The van der Waals surface area contributed by atoms with Crippen LogP contribution in [0.3, 0.4) is 0 Å². The van der Waals surface area contributed by atoms with Crippen LogP contribution >= 0.6 is 0 Å². The first kappa shape index (κ1) is 11.6. The van der Waals surface area contributed by atoms with Gasteiger partial charge in [0.05, 0.1) is 11.9 Å². The lowest BCUT2D eigenvalue weighted by molar-refractivity contribution is 0.171. The van der Waals surface area contributed by atoms with E-state index in [0.717, 1.165) is 36.8 Å². The molecule has 2 heterocycles. The van der Waals surface area contributed by atoms with Crippen LogP contribution in [0.15, 0.2) is 12.1 Å². The average Bonchev–Trinajstić information content (AvgIpc) is 2.38. The summed E-state index contributed by atoms with van der Waals surface area (Å²) in [5.41, 5.74) is 8.29. The van der Waals surface area contributed by atoms with Crippen LogP contribution in [0.1, 0.15) is 5.56 Å². The van der Waals surface area contributed by atoms with E-state index in [1.165, 1.54) is 5.56 Å². The fourth-order valence-corrected chi connectivity index (χ4v) is 2.57. The number of hydrogen-bond donors (Lipinski definition) is 2. The second kappa shape index (κ2) is 4.66. The summed E-state index contributed by atoms with van der Waals surface area (Å²) < 4.78 is 11.4. The van der Waals surface area contributed by atoms with Crippen molar-refractivity contribution in [2.45, 2.75) is 13.1 Å². The topological polar surface area (TPSA) is 59.8 Å². The van der Waals surface area contributed by atoms with Crippen molar-refractivity contribution in [3.05, 3.63) is 17.7 Å². The van der Waals surface area contributed by atoms with E-state index in [1.807, 2.05) is 6.07 Å². The summed E-state index contributed by atoms with van der Waals surface area (Å²) in [6, 6.07) is 4.06. The Hall–Kier alpha value is -1.46. The first-order valence-corrected chi connectivity index (χ1v) is 6.39. The maximum Gasteiger partial charge on any atom is 0.184 e. The highest BCUT2D eigenvalue weighted by Crippen LogP contribution is 2.42. The van der Waals surface area contributed by atoms with Gasteiger partial charge >= 0.3 is 0 Å². The molecule has 0 aliphatic carbocycles. The molecular weight excluding hydrogens is 230 g/mol. The second-order valence-electron chi connectivity index (χ2n) is 4.76. The van der Waals surface area contributed by atoms with Crippen LogP contribution in [0.2, 0.25) is 0 Å². The number of piperazine rings is 1. The normalized spacial score (nSPS) is 23.0. The van der Waals surface area contributed by atoms with Gasteiger partial charge in [-0.3, -0.25) is 5.32 Å². The number of aryl methyl sites for hydroxylation is 1. The predicted molar refractivity (Wildman–Crippen MR) is 70.4 cm³/mol. The Labute approximate surface area is 107 Å². The molecule has 0 aromatic heterocycles. The lowest BCUT2D eigenvalue weighted by atomic mass is 10.1. The fraction of sp³-hybridized carbons (Fsp3) is 0.538. The van der Waals surface area contributed by atoms with E-state index in [-0.39, 0.29) is 6.17 Å². The molecule has 98 valence electrons. The van der Waals surface area contributed by atoms with E-state index in [4.69, 9.17) is 15.2 Å². The van der Waals surface area contributed by atoms with Gasteiger partial charge in [-0.05, 0) is 18.6 Å². The number of rotatable bonds is 1. The van der Waals surface area contributed by atoms with Crippen molar-refractivity contribution in [1.82, 2.24) is 5.32 Å². The van der Waals surface area contributed by atoms with Crippen molar-refractivity contribution in [2.24, 2.45) is 5.73 Å². The van der Waals surface area contributed by atoms with E-state index in [1.54, 1.807) is 0 Å². The number of nitrogens with zero attached hydrogens (tertiary/aromatic N) is 1. The highest BCUT2D eigenvalue weighted by Gasteiger charge is 2.25. The van der Waals surface area contributed by atoms with Crippen molar-refractivity contribution >= 4 is 5.69 Å². The van der Waals surface area contributed by atoms with Crippen molar-refractivity contribution in [3.8, 4) is 11.5 Å². The molecule has 0 radical (unpaired) electrons. The highest BCUT2D eigenvalue weighted by atomic mass is 16.6. The minimum atomic E-state index is 0.0125. The quantitative estimate of drug-likeness (QED) is 0.757. The largest absolute Gasteiger partial charge is 0.486 e. The highest BCUT2D eigenvalue weighted by molar-refractivity contribution is 5.69. The maximum atomic E-state index is 5.96. The SMILES string of the molecule is Cc1ccc2c(c1N1CCNC(N)C1)OCCO2. The third-order valence-electron chi connectivity index (χ3n) is 3.41. The number of nitrogens with one attached hydrogen (secondary N) is 1. The molecular formula is C13H19N3O2. The molecule has 1 aromatic carbocycles. The Bertz CT molecular complexity index is 450. The molecule has 1 atom stereocenters. The third kappa shape index (κ3) is 2.00. The minimum absolute atomic E-state index is 0.0125. The monoisotopic (exact) mass is 249 g/mol. The van der Waals surface area contributed by atoms with Crippen LogP contribution in [0.4, 0.5) is 5.69 Å². The second-order valence-corrected chi connectivity index (χ2v) is 4.76. The first-order valence-electron chi connectivity index (χ1n) is 6.39. The van der Waals surface area contributed by atoms with E-state index in [2.05, 4.69) is 23.2 Å². The van der Waals surface area contributed by atoms with Gasteiger partial charge in [0, 0.05) is 19.6 Å². The standard InChI is InChI=1S/C13H19N3O2/c1-9-2-3-10-13(18-7-6-17-10)12(9)16-5-4-15-11(14)8-16/h2-3,11,15H,4-8,14H2,1H3. The zero-order valence-corrected chi connectivity index (χ0v) is 10.6. The van der Waals surface area contributed by atoms with E-state index < -0.39 is 0 Å². The molecule has 1 unspecified atom stereocenters. The molecule has 1 aromatic rings. The van der Waals surface area contributed by atoms with Gasteiger partial charge in [-0.15, -0.1) is 0 Å². The molecule has 0 amide bonds. The molecule has 3 rings (SSSR count). The lowest BCUT2D eigenvalue weighted by Gasteiger charge is -2.36. The summed E-state index contributed by atoms with van der Waals surface area (Å²) in [5, 5.41) is 3.25. The van der Waals surface area contributed by atoms with E-state index in [9.17, 15) is 0 Å². The maximum absolute atomic E-state index is 5.96. The molecule has 2 aliphatic rings. The Balaban J connectivity index is 1.99. The van der Waals surface area contributed by atoms with Gasteiger partial charge in [0.25, 0.3) is 0 Å². The van der Waals surface area contributed by atoms with Gasteiger partial charge in [-0.25, -0.2) is 0 Å². The number of fused-ring (bicyclic) bond motifs is 1. The van der Waals surface area contributed by atoms with Crippen molar-refractivity contribution in [2.75, 3.05) is 37.7 Å². The molecule has 3 N–H and O–H groups in total. The van der Waals surface area contributed by atoms with E-state index in [0.29, 0.717) is 13.2 Å². The van der Waals surface area contributed by atoms with Crippen molar-refractivity contribution in [3.63, 3.8) is 0 Å². The van der Waals surface area contributed by atoms with Crippen LogP contribution in [0.5, 0.6) is 11.5 Å². The van der Waals surface area contributed by atoms with Crippen LogP contribution < -0.4 is 25.4 Å². The van der Waals surface area contributed by atoms with Crippen molar-refractivity contribution in [1.29, 1.82) is 0 Å². The Morgan fingerprint density at radius 2 is 2.17 bits per heavy atom. The summed E-state index contributed by atoms with van der Waals surface area (Å²) in [5.74, 6) is 1.71. The molecule has 5 heteroatoms. The number of benzene rings is 1. The van der Waals surface area contributed by atoms with Crippen molar-refractivity contribution < 1.29 is 9.47 Å². The van der Waals surface area contributed by atoms with Gasteiger partial charge in [0.15, 0.2) is 11.5 Å². The Morgan fingerprint density at radius 1 is 1.33 bits per heavy atom. The number of hydrogen-bond acceptors (Lipinski definition) is 5. The van der Waals surface area contributed by atoms with Crippen LogP contribution in [0, 0.1) is 6.92 Å². The molecule has 18 heavy (non-hydrogen) atoms. The number of anilines is 1. The predicted octanol–water partition coefficient (Wildman–Crippen LogP) is 0.461. The minimum Gasteiger partial charge on any atom is -0.486 e. The molecule has 0 spiro atoms. The third-order valence-corrected chi connectivity index (χ3v) is 3.41. The smallest absolute Gasteiger partial charge is 0.184 e. The van der Waals surface area contributed by atoms with Crippen LogP contribution in [-0.2, 0) is 0 Å². The lowest BCUT2D eigenvalue weighted by Crippen LogP contribution is -2.55. The summed E-state index contributed by atoms with van der Waals surface area (Å²) in [6.45, 7) is 5.96. The molecule has 1 saturated heterocycles. The summed E-state index contributed by atoms with van der Waals surface area (Å²) >= 11 is 0. The Kier molecular flexibility index (Phi) is 3.01. The number of nitrogens with two attached hydrogens (primary N) is 1. The van der Waals surface area contributed by atoms with Gasteiger partial charge in [-0.1, -0.05) is 6.07 Å². The molecule has 0 bridgehead atoms. The van der Waals surface area contributed by atoms with Gasteiger partial charge in [-0.2, -0.15) is 0 Å². The van der Waals surface area contributed by atoms with Gasteiger partial charge in [0.2, 0.25) is 0 Å². The molecule has 0 saturated carbocycles. The van der Waals surface area contributed by atoms with Gasteiger partial charge < -0.3 is 20.1 Å². The summed E-state index contributed by atoms with van der Waals surface area (Å²) in [7, 11) is 0. The number of ether oxygens (including phenoxy) is 2. The van der Waals surface area contributed by atoms with Gasteiger partial charge in [0.1, 0.15) is 13.2 Å². The van der Waals surface area contributed by atoms with Crippen LogP contribution in [0.25, 0.3) is 0 Å². The fourth-order valence-electron chi connectivity index (χ4n) is 2.57. The summed E-state index contributed by atoms with van der Waals surface area (Å²) in [4.78, 5) is 2.28. The summed E-state index contributed by atoms with van der Waals surface area (Å²) in [6.07, 6.45) is 0.0125. The average molecular weight is 249 g/mol. The molecule has 5 nitrogen and oxygen atoms in total. The van der Waals surface area contributed by atoms with E-state index >= 15 is 0 Å².